The number of hydrogen-bond donors (Lipinski definition) is 3. The van der Waals surface area contributed by atoms with Crippen molar-refractivity contribution in [3.63, 3.8) is 0 Å². The Kier molecular flexibility index (Phi) is 6.07. The summed E-state index contributed by atoms with van der Waals surface area (Å²) in [6, 6.07) is 2.99. The molecule has 1 aliphatic rings. The van der Waals surface area contributed by atoms with Gasteiger partial charge in [0.25, 0.3) is 5.91 Å². The number of nitrogens with zero attached hydrogens (tertiary/aromatic N) is 2. The van der Waals surface area contributed by atoms with Crippen molar-refractivity contribution in [3.05, 3.63) is 29.7 Å². The van der Waals surface area contributed by atoms with Crippen molar-refractivity contribution < 1.29 is 32.7 Å². The molecule has 0 aliphatic carbocycles. The molecule has 0 unspecified atom stereocenters. The molecule has 1 amide bonds. The maximum absolute atomic E-state index is 14.8. The minimum atomic E-state index is -3.86. The Balaban J connectivity index is 1.82. The molecule has 31 heavy (non-hydrogen) atoms. The number of fused-ring (bicyclic) bond motifs is 1. The van der Waals surface area contributed by atoms with Gasteiger partial charge in [-0.15, -0.1) is 0 Å². The molecule has 9 nitrogen and oxygen atoms in total. The van der Waals surface area contributed by atoms with E-state index in [9.17, 15) is 22.7 Å². The number of aromatic nitrogens is 2. The Morgan fingerprint density at radius 3 is 2.71 bits per heavy atom. The molecule has 164 valence electrons. The lowest BCUT2D eigenvalue weighted by Gasteiger charge is -2.30. The van der Waals surface area contributed by atoms with Gasteiger partial charge >= 0.3 is 0 Å². The fourth-order valence-corrected chi connectivity index (χ4v) is 3.69. The van der Waals surface area contributed by atoms with Gasteiger partial charge in [0.15, 0.2) is 20.2 Å². The van der Waals surface area contributed by atoms with Gasteiger partial charge in [0.05, 0.1) is 29.7 Å². The van der Waals surface area contributed by atoms with Crippen molar-refractivity contribution in [3.8, 4) is 23.7 Å². The number of ether oxygens (including phenoxy) is 1. The Morgan fingerprint density at radius 1 is 1.42 bits per heavy atom. The Morgan fingerprint density at radius 2 is 2.13 bits per heavy atom. The zero-order valence-corrected chi connectivity index (χ0v) is 17.6. The highest BCUT2D eigenvalue weighted by molar-refractivity contribution is 7.92. The summed E-state index contributed by atoms with van der Waals surface area (Å²) in [6.45, 7) is 1.40. The topological polar surface area (TPSA) is 131 Å². The van der Waals surface area contributed by atoms with Crippen LogP contribution in [0, 0.1) is 29.5 Å². The first-order valence-corrected chi connectivity index (χ1v) is 11.0. The van der Waals surface area contributed by atoms with Crippen LogP contribution in [0.3, 0.4) is 0 Å². The molecule has 3 rings (SSSR count). The first-order valence-electron chi connectivity index (χ1n) is 9.12. The van der Waals surface area contributed by atoms with Crippen LogP contribution < -0.4 is 5.48 Å². The summed E-state index contributed by atoms with van der Waals surface area (Å²) in [7, 11) is -3.86. The quantitative estimate of drug-likeness (QED) is 0.332. The van der Waals surface area contributed by atoms with Crippen molar-refractivity contribution in [2.45, 2.75) is 30.2 Å². The van der Waals surface area contributed by atoms with Crippen molar-refractivity contribution in [2.24, 2.45) is 0 Å². The molecule has 11 heteroatoms. The van der Waals surface area contributed by atoms with E-state index >= 15 is 0 Å². The van der Waals surface area contributed by atoms with Crippen LogP contribution in [-0.4, -0.2) is 64.2 Å². The molecular weight excluding hydrogens is 429 g/mol. The van der Waals surface area contributed by atoms with E-state index < -0.39 is 31.9 Å². The third-order valence-electron chi connectivity index (χ3n) is 5.13. The van der Waals surface area contributed by atoms with Gasteiger partial charge in [-0.3, -0.25) is 14.7 Å². The van der Waals surface area contributed by atoms with Gasteiger partial charge in [0, 0.05) is 19.0 Å². The average molecular weight is 449 g/mol. The number of aryl methyl sites for hydroxylation is 1. The van der Waals surface area contributed by atoms with Crippen molar-refractivity contribution in [1.29, 1.82) is 0 Å². The van der Waals surface area contributed by atoms with E-state index in [2.05, 4.69) is 28.8 Å². The second-order valence-corrected chi connectivity index (χ2v) is 9.92. The van der Waals surface area contributed by atoms with Crippen LogP contribution in [0.1, 0.15) is 18.9 Å². The molecule has 2 aromatic rings. The molecule has 1 aliphatic heterocycles. The SMILES string of the molecule is C[C@@](CCn1cc2c(F)c(C#CC#CC3(O)COC3)ccc2n1)(C(=O)NO)S(C)(=O)=O. The summed E-state index contributed by atoms with van der Waals surface area (Å²) in [5, 5.41) is 23.0. The van der Waals surface area contributed by atoms with Gasteiger partial charge in [-0.1, -0.05) is 0 Å². The Labute approximate surface area is 178 Å². The van der Waals surface area contributed by atoms with Gasteiger partial charge in [0.1, 0.15) is 5.82 Å². The second-order valence-electron chi connectivity index (χ2n) is 7.47. The summed E-state index contributed by atoms with van der Waals surface area (Å²) >= 11 is 0. The van der Waals surface area contributed by atoms with Gasteiger partial charge in [-0.25, -0.2) is 18.3 Å². The number of hydroxylamine groups is 1. The minimum absolute atomic E-state index is 0.0156. The molecule has 0 radical (unpaired) electrons. The third kappa shape index (κ3) is 4.55. The van der Waals surface area contributed by atoms with E-state index in [1.807, 2.05) is 0 Å². The largest absolute Gasteiger partial charge is 0.373 e. The summed E-state index contributed by atoms with van der Waals surface area (Å²) in [5.74, 6) is 8.43. The fourth-order valence-electron chi connectivity index (χ4n) is 2.85. The van der Waals surface area contributed by atoms with Gasteiger partial charge in [-0.05, 0) is 49.2 Å². The molecule has 0 saturated carbocycles. The summed E-state index contributed by atoms with van der Waals surface area (Å²) in [4.78, 5) is 11.9. The van der Waals surface area contributed by atoms with Crippen LogP contribution in [0.4, 0.5) is 4.39 Å². The molecule has 1 saturated heterocycles. The molecule has 1 aromatic carbocycles. The number of aliphatic hydroxyl groups is 1. The molecule has 0 spiro atoms. The fraction of sp³-hybridized carbons (Fsp3) is 0.400. The number of carbonyl (C=O) groups excluding carboxylic acids is 1. The summed E-state index contributed by atoms with van der Waals surface area (Å²) < 4.78 is 43.2. The number of benzene rings is 1. The van der Waals surface area contributed by atoms with Crippen LogP contribution in [0.25, 0.3) is 10.9 Å². The second kappa shape index (κ2) is 8.29. The number of carbonyl (C=O) groups is 1. The number of nitrogens with one attached hydrogen (secondary N) is 1. The van der Waals surface area contributed by atoms with E-state index in [0.717, 1.165) is 6.26 Å². The molecule has 3 N–H and O–H groups in total. The third-order valence-corrected chi connectivity index (χ3v) is 7.15. The Hall–Kier alpha value is -2.96. The highest BCUT2D eigenvalue weighted by Gasteiger charge is 2.43. The van der Waals surface area contributed by atoms with Crippen molar-refractivity contribution in [2.75, 3.05) is 19.5 Å². The minimum Gasteiger partial charge on any atom is -0.373 e. The number of rotatable bonds is 5. The van der Waals surface area contributed by atoms with Gasteiger partial charge in [-0.2, -0.15) is 5.10 Å². The van der Waals surface area contributed by atoms with E-state index in [1.54, 1.807) is 6.07 Å². The zero-order valence-electron chi connectivity index (χ0n) is 16.8. The predicted octanol–water partition coefficient (Wildman–Crippen LogP) is -0.00960. The molecule has 1 aromatic heterocycles. The van der Waals surface area contributed by atoms with Crippen LogP contribution >= 0.6 is 0 Å². The normalized spacial score (nSPS) is 16.8. The highest BCUT2D eigenvalue weighted by atomic mass is 32.2. The molecule has 0 bridgehead atoms. The van der Waals surface area contributed by atoms with Crippen molar-refractivity contribution >= 4 is 26.6 Å². The summed E-state index contributed by atoms with van der Waals surface area (Å²) in [6.07, 6.45) is 2.09. The maximum Gasteiger partial charge on any atom is 0.264 e. The van der Waals surface area contributed by atoms with E-state index in [0.29, 0.717) is 5.52 Å². The molecule has 1 atom stereocenters. The predicted molar refractivity (Wildman–Crippen MR) is 108 cm³/mol. The summed E-state index contributed by atoms with van der Waals surface area (Å²) in [5.41, 5.74) is 0.577. The lowest BCUT2D eigenvalue weighted by molar-refractivity contribution is -0.140. The maximum atomic E-state index is 14.8. The van der Waals surface area contributed by atoms with Crippen LogP contribution in [0.5, 0.6) is 0 Å². The van der Waals surface area contributed by atoms with Crippen LogP contribution in [0.2, 0.25) is 0 Å². The van der Waals surface area contributed by atoms with E-state index in [-0.39, 0.29) is 37.1 Å². The molecule has 2 heterocycles. The Bertz CT molecular complexity index is 1260. The molecule has 1 fully saturated rings. The van der Waals surface area contributed by atoms with E-state index in [1.165, 1.54) is 29.3 Å². The van der Waals surface area contributed by atoms with Gasteiger partial charge in [0.2, 0.25) is 0 Å². The first kappa shape index (κ1) is 22.7. The highest BCUT2D eigenvalue weighted by Crippen LogP contribution is 2.24. The number of halogens is 1. The van der Waals surface area contributed by atoms with Crippen molar-refractivity contribution in [1.82, 2.24) is 15.3 Å². The number of sulfone groups is 1. The monoisotopic (exact) mass is 449 g/mol. The van der Waals surface area contributed by atoms with Gasteiger partial charge < -0.3 is 9.84 Å². The van der Waals surface area contributed by atoms with Crippen LogP contribution in [-0.2, 0) is 25.9 Å². The number of amides is 1. The smallest absolute Gasteiger partial charge is 0.264 e. The van der Waals surface area contributed by atoms with E-state index in [4.69, 9.17) is 9.94 Å². The standard InChI is InChI=1S/C20H20FN3O6S/c1-19(18(25)23-27,31(2,28)29)9-10-24-11-15-16(22-24)7-6-14(17(15)21)5-3-4-8-20(26)12-30-13-20/h6-7,11,26-27H,9-10,12-13H2,1-2H3,(H,23,25)/t19-/m1/s1. The first-order chi connectivity index (χ1) is 14.5. The number of hydrogen-bond acceptors (Lipinski definition) is 7. The zero-order chi connectivity index (χ0) is 22.9. The lowest BCUT2D eigenvalue weighted by atomic mass is 10.0. The van der Waals surface area contributed by atoms with Crippen LogP contribution in [0.15, 0.2) is 18.3 Å². The lowest BCUT2D eigenvalue weighted by Crippen LogP contribution is -2.49. The average Bonchev–Trinajstić information content (AvgIpc) is 3.12. The molecular formula is C20H20FN3O6S.